The monoisotopic (exact) mass is 396 g/mol. The maximum atomic E-state index is 12.2. The number of hydrogen-bond donors (Lipinski definition) is 1. The minimum Gasteiger partial charge on any atom is -0.444 e. The SMILES string of the molecule is CC(C)(C)OC(=O)N1CCC2(CC1)CC(O)(c1ccc(Br)nc1)C2. The maximum Gasteiger partial charge on any atom is 0.410 e. The number of piperidine rings is 1. The number of pyridine rings is 1. The Kier molecular flexibility index (Phi) is 4.41. The van der Waals surface area contributed by atoms with Crippen LogP contribution in [0.3, 0.4) is 0 Å². The van der Waals surface area contributed by atoms with E-state index in [0.29, 0.717) is 13.1 Å². The summed E-state index contributed by atoms with van der Waals surface area (Å²) in [4.78, 5) is 18.2. The Hall–Kier alpha value is -1.14. The van der Waals surface area contributed by atoms with Gasteiger partial charge in [-0.1, -0.05) is 6.07 Å². The van der Waals surface area contributed by atoms with Gasteiger partial charge >= 0.3 is 6.09 Å². The molecule has 1 aromatic heterocycles. The molecule has 0 aromatic carbocycles. The first-order chi connectivity index (χ1) is 11.1. The van der Waals surface area contributed by atoms with Crippen molar-refractivity contribution in [2.75, 3.05) is 13.1 Å². The fourth-order valence-corrected chi connectivity index (χ4v) is 4.12. The molecular weight excluding hydrogens is 372 g/mol. The van der Waals surface area contributed by atoms with Crippen molar-refractivity contribution in [3.8, 4) is 0 Å². The number of aromatic nitrogens is 1. The Labute approximate surface area is 151 Å². The molecule has 1 amide bonds. The number of halogens is 1. The summed E-state index contributed by atoms with van der Waals surface area (Å²) < 4.78 is 6.22. The number of nitrogens with zero attached hydrogens (tertiary/aromatic N) is 2. The zero-order valence-corrected chi connectivity index (χ0v) is 16.1. The van der Waals surface area contributed by atoms with Crippen molar-refractivity contribution >= 4 is 22.0 Å². The lowest BCUT2D eigenvalue weighted by molar-refractivity contribution is -0.154. The van der Waals surface area contributed by atoms with Gasteiger partial charge in [0, 0.05) is 24.8 Å². The highest BCUT2D eigenvalue weighted by Gasteiger charge is 2.55. The van der Waals surface area contributed by atoms with Gasteiger partial charge in [0.15, 0.2) is 0 Å². The summed E-state index contributed by atoms with van der Waals surface area (Å²) in [6.45, 7) is 7.05. The van der Waals surface area contributed by atoms with Crippen molar-refractivity contribution in [3.63, 3.8) is 0 Å². The van der Waals surface area contributed by atoms with Crippen LogP contribution in [0.2, 0.25) is 0 Å². The van der Waals surface area contributed by atoms with Crippen LogP contribution in [0.1, 0.15) is 52.0 Å². The first kappa shape index (κ1) is 17.7. The highest BCUT2D eigenvalue weighted by Crippen LogP contribution is 2.59. The molecular formula is C18H25BrN2O3. The van der Waals surface area contributed by atoms with Crippen LogP contribution in [0.15, 0.2) is 22.9 Å². The largest absolute Gasteiger partial charge is 0.444 e. The summed E-state index contributed by atoms with van der Waals surface area (Å²) in [5.41, 5.74) is -0.217. The van der Waals surface area contributed by atoms with Gasteiger partial charge in [-0.25, -0.2) is 9.78 Å². The summed E-state index contributed by atoms with van der Waals surface area (Å²) in [6.07, 6.45) is 4.82. The Balaban J connectivity index is 1.56. The molecule has 1 saturated carbocycles. The average molecular weight is 397 g/mol. The molecule has 5 nitrogen and oxygen atoms in total. The molecule has 1 aliphatic carbocycles. The minimum atomic E-state index is -0.776. The number of carbonyl (C=O) groups is 1. The average Bonchev–Trinajstić information content (AvgIpc) is 2.45. The van der Waals surface area contributed by atoms with Gasteiger partial charge in [-0.15, -0.1) is 0 Å². The Bertz CT molecular complexity index is 608. The van der Waals surface area contributed by atoms with Crippen molar-refractivity contribution in [1.29, 1.82) is 0 Å². The third-order valence-corrected chi connectivity index (χ3v) is 5.54. The summed E-state index contributed by atoms with van der Waals surface area (Å²) >= 11 is 3.32. The third-order valence-electron chi connectivity index (χ3n) is 5.08. The number of ether oxygens (including phenoxy) is 1. The first-order valence-electron chi connectivity index (χ1n) is 8.43. The molecule has 3 rings (SSSR count). The van der Waals surface area contributed by atoms with Gasteiger partial charge < -0.3 is 14.7 Å². The van der Waals surface area contributed by atoms with E-state index >= 15 is 0 Å². The van der Waals surface area contributed by atoms with Crippen LogP contribution in [0, 0.1) is 5.41 Å². The van der Waals surface area contributed by atoms with Crippen LogP contribution in [-0.2, 0) is 10.3 Å². The third kappa shape index (κ3) is 3.59. The predicted molar refractivity (Wildman–Crippen MR) is 94.5 cm³/mol. The first-order valence-corrected chi connectivity index (χ1v) is 9.23. The molecule has 1 saturated heterocycles. The predicted octanol–water partition coefficient (Wildman–Crippen LogP) is 3.84. The summed E-state index contributed by atoms with van der Waals surface area (Å²) in [5, 5.41) is 10.9. The molecule has 1 spiro atoms. The van der Waals surface area contributed by atoms with Crippen molar-refractivity contribution < 1.29 is 14.6 Å². The van der Waals surface area contributed by atoms with Gasteiger partial charge in [0.25, 0.3) is 0 Å². The Morgan fingerprint density at radius 2 is 1.92 bits per heavy atom. The number of aliphatic hydroxyl groups is 1. The fraction of sp³-hybridized carbons (Fsp3) is 0.667. The number of rotatable bonds is 1. The molecule has 1 aliphatic heterocycles. The zero-order valence-electron chi connectivity index (χ0n) is 14.5. The van der Waals surface area contributed by atoms with Crippen LogP contribution in [0.5, 0.6) is 0 Å². The maximum absolute atomic E-state index is 12.2. The van der Waals surface area contributed by atoms with Gasteiger partial charge in [0.2, 0.25) is 0 Å². The molecule has 0 radical (unpaired) electrons. The van der Waals surface area contributed by atoms with E-state index in [2.05, 4.69) is 20.9 Å². The lowest BCUT2D eigenvalue weighted by atomic mass is 9.53. The molecule has 1 N–H and O–H groups in total. The molecule has 2 heterocycles. The van der Waals surface area contributed by atoms with Crippen molar-refractivity contribution in [3.05, 3.63) is 28.5 Å². The van der Waals surface area contributed by atoms with Gasteiger partial charge in [-0.2, -0.15) is 0 Å². The lowest BCUT2D eigenvalue weighted by Gasteiger charge is -2.56. The van der Waals surface area contributed by atoms with Crippen LogP contribution in [0.4, 0.5) is 4.79 Å². The molecule has 2 fully saturated rings. The molecule has 2 aliphatic rings. The highest BCUT2D eigenvalue weighted by atomic mass is 79.9. The molecule has 0 unspecified atom stereocenters. The Morgan fingerprint density at radius 3 is 2.42 bits per heavy atom. The summed E-state index contributed by atoms with van der Waals surface area (Å²) in [7, 11) is 0. The zero-order chi connectivity index (χ0) is 17.6. The summed E-state index contributed by atoms with van der Waals surface area (Å²) in [6, 6.07) is 3.79. The number of hydrogen-bond acceptors (Lipinski definition) is 4. The van der Waals surface area contributed by atoms with Gasteiger partial charge in [-0.3, -0.25) is 0 Å². The van der Waals surface area contributed by atoms with Gasteiger partial charge in [-0.05, 0) is 73.9 Å². The molecule has 1 aromatic rings. The van der Waals surface area contributed by atoms with Crippen molar-refractivity contribution in [1.82, 2.24) is 9.88 Å². The second-order valence-electron chi connectivity index (χ2n) is 8.22. The molecule has 6 heteroatoms. The second-order valence-corrected chi connectivity index (χ2v) is 9.03. The smallest absolute Gasteiger partial charge is 0.410 e. The van der Waals surface area contributed by atoms with Crippen LogP contribution >= 0.6 is 15.9 Å². The number of carbonyl (C=O) groups excluding carboxylic acids is 1. The van der Waals surface area contributed by atoms with E-state index in [1.54, 1.807) is 11.1 Å². The topological polar surface area (TPSA) is 62.7 Å². The van der Waals surface area contributed by atoms with Gasteiger partial charge in [0.05, 0.1) is 5.60 Å². The van der Waals surface area contributed by atoms with E-state index in [1.165, 1.54) is 0 Å². The Morgan fingerprint density at radius 1 is 1.29 bits per heavy atom. The van der Waals surface area contributed by atoms with E-state index in [1.807, 2.05) is 32.9 Å². The number of amides is 1. The standard InChI is InChI=1S/C18H25BrN2O3/c1-16(2,3)24-15(22)21-8-6-17(7-9-21)11-18(23,12-17)13-4-5-14(19)20-10-13/h4-5,10,23H,6-9,11-12H2,1-3H3. The second kappa shape index (κ2) is 5.99. The molecule has 24 heavy (non-hydrogen) atoms. The van der Waals surface area contributed by atoms with Crippen LogP contribution in [-0.4, -0.2) is 39.8 Å². The summed E-state index contributed by atoms with van der Waals surface area (Å²) in [5.74, 6) is 0. The number of likely N-dealkylation sites (tertiary alicyclic amines) is 1. The van der Waals surface area contributed by atoms with E-state index in [4.69, 9.17) is 4.74 Å². The van der Waals surface area contributed by atoms with Crippen LogP contribution < -0.4 is 0 Å². The fourth-order valence-electron chi connectivity index (χ4n) is 3.89. The van der Waals surface area contributed by atoms with E-state index < -0.39 is 11.2 Å². The minimum absolute atomic E-state index is 0.139. The van der Waals surface area contributed by atoms with Gasteiger partial charge in [0.1, 0.15) is 10.2 Å². The molecule has 0 bridgehead atoms. The van der Waals surface area contributed by atoms with E-state index in [9.17, 15) is 9.90 Å². The van der Waals surface area contributed by atoms with Crippen molar-refractivity contribution in [2.24, 2.45) is 5.41 Å². The molecule has 132 valence electrons. The van der Waals surface area contributed by atoms with Crippen molar-refractivity contribution in [2.45, 2.75) is 57.7 Å². The quantitative estimate of drug-likeness (QED) is 0.732. The molecule has 0 atom stereocenters. The highest BCUT2D eigenvalue weighted by molar-refractivity contribution is 9.10. The van der Waals surface area contributed by atoms with E-state index in [-0.39, 0.29) is 11.5 Å². The van der Waals surface area contributed by atoms with Crippen LogP contribution in [0.25, 0.3) is 0 Å². The van der Waals surface area contributed by atoms with E-state index in [0.717, 1.165) is 35.8 Å². The lowest BCUT2D eigenvalue weighted by Crippen LogP contribution is -2.55. The normalized spacial score (nSPS) is 22.1.